The molecule has 0 saturated carbocycles. The van der Waals surface area contributed by atoms with Crippen LogP contribution in [0.4, 0.5) is 10.5 Å². The van der Waals surface area contributed by atoms with Crippen molar-refractivity contribution in [2.24, 2.45) is 0 Å². The molecule has 2 heterocycles. The number of carbonyl (C=O) groups excluding carboxylic acids is 2. The van der Waals surface area contributed by atoms with E-state index in [1.807, 2.05) is 41.3 Å². The number of amides is 3. The molecule has 0 spiro atoms. The highest BCUT2D eigenvalue weighted by atomic mass is 16.2. The Morgan fingerprint density at radius 1 is 0.793 bits per heavy atom. The van der Waals surface area contributed by atoms with Crippen molar-refractivity contribution < 1.29 is 9.59 Å². The van der Waals surface area contributed by atoms with E-state index in [0.717, 1.165) is 44.8 Å². The van der Waals surface area contributed by atoms with Crippen molar-refractivity contribution in [3.63, 3.8) is 0 Å². The number of hydrogen-bond acceptors (Lipinski definition) is 3. The topological polar surface area (TPSA) is 47.1 Å². The molecule has 0 aromatic heterocycles. The Morgan fingerprint density at radius 3 is 2.14 bits per heavy atom. The van der Waals surface area contributed by atoms with E-state index in [9.17, 15) is 9.59 Å². The average Bonchev–Trinajstić information content (AvgIpc) is 3.14. The second-order valence-corrected chi connectivity index (χ2v) is 7.65. The number of benzene rings is 2. The lowest BCUT2D eigenvalue weighted by Crippen LogP contribution is -2.51. The van der Waals surface area contributed by atoms with Crippen LogP contribution in [0.3, 0.4) is 0 Å². The van der Waals surface area contributed by atoms with E-state index in [2.05, 4.69) is 29.2 Å². The predicted octanol–water partition coefficient (Wildman–Crippen LogP) is 2.32. The normalized spacial score (nSPS) is 17.8. The molecular weight excluding hydrogens is 364 g/mol. The Labute approximate surface area is 172 Å². The average molecular weight is 393 g/mol. The van der Waals surface area contributed by atoms with Crippen molar-refractivity contribution in [1.29, 1.82) is 0 Å². The molecule has 0 atom stereocenters. The first kappa shape index (κ1) is 19.5. The third kappa shape index (κ3) is 4.77. The minimum atomic E-state index is -0.0777. The zero-order valence-electron chi connectivity index (χ0n) is 16.7. The molecule has 0 bridgehead atoms. The molecule has 0 unspecified atom stereocenters. The standard InChI is InChI=1S/C23H28N4O2/c28-22(19-26-17-18-27(23(26)29)21-9-5-2-6-10-21)25-15-13-24(14-16-25)12-11-20-7-3-1-4-8-20/h1-10H,11-19H2. The van der Waals surface area contributed by atoms with E-state index >= 15 is 0 Å². The summed E-state index contributed by atoms with van der Waals surface area (Å²) in [5, 5.41) is 0. The fourth-order valence-corrected chi connectivity index (χ4v) is 3.99. The lowest BCUT2D eigenvalue weighted by Gasteiger charge is -2.35. The molecule has 29 heavy (non-hydrogen) atoms. The Balaban J connectivity index is 1.22. The summed E-state index contributed by atoms with van der Waals surface area (Å²) in [7, 11) is 0. The number of anilines is 1. The van der Waals surface area contributed by atoms with Gasteiger partial charge in [0.05, 0.1) is 0 Å². The smallest absolute Gasteiger partial charge is 0.325 e. The Morgan fingerprint density at radius 2 is 1.45 bits per heavy atom. The van der Waals surface area contributed by atoms with Crippen LogP contribution < -0.4 is 4.90 Å². The van der Waals surface area contributed by atoms with Crippen LogP contribution in [0, 0.1) is 0 Å². The number of hydrogen-bond donors (Lipinski definition) is 0. The summed E-state index contributed by atoms with van der Waals surface area (Å²) < 4.78 is 0. The van der Waals surface area contributed by atoms with Gasteiger partial charge in [0.15, 0.2) is 0 Å². The van der Waals surface area contributed by atoms with Crippen LogP contribution in [0.15, 0.2) is 60.7 Å². The first-order chi connectivity index (χ1) is 14.2. The zero-order valence-corrected chi connectivity index (χ0v) is 16.7. The van der Waals surface area contributed by atoms with Gasteiger partial charge in [-0.3, -0.25) is 14.6 Å². The van der Waals surface area contributed by atoms with Gasteiger partial charge in [0.1, 0.15) is 6.54 Å². The minimum Gasteiger partial charge on any atom is -0.339 e. The molecule has 152 valence electrons. The fraction of sp³-hybridized carbons (Fsp3) is 0.391. The summed E-state index contributed by atoms with van der Waals surface area (Å²) in [6, 6.07) is 20.1. The van der Waals surface area contributed by atoms with E-state index in [0.29, 0.717) is 13.1 Å². The summed E-state index contributed by atoms with van der Waals surface area (Å²) in [5.74, 6) is 0.0518. The van der Waals surface area contributed by atoms with Crippen LogP contribution in [0.1, 0.15) is 5.56 Å². The molecule has 2 aromatic carbocycles. The van der Waals surface area contributed by atoms with Gasteiger partial charge in [-0.05, 0) is 24.1 Å². The van der Waals surface area contributed by atoms with Gasteiger partial charge < -0.3 is 9.80 Å². The number of urea groups is 1. The molecule has 2 fully saturated rings. The molecular formula is C23H28N4O2. The Kier molecular flexibility index (Phi) is 6.10. The molecule has 0 aliphatic carbocycles. The summed E-state index contributed by atoms with van der Waals surface area (Å²) in [5.41, 5.74) is 2.24. The molecule has 3 amide bonds. The number of nitrogens with zero attached hydrogens (tertiary/aromatic N) is 4. The van der Waals surface area contributed by atoms with Gasteiger partial charge in [0, 0.05) is 51.5 Å². The fourth-order valence-electron chi connectivity index (χ4n) is 3.99. The highest BCUT2D eigenvalue weighted by molar-refractivity contribution is 5.96. The highest BCUT2D eigenvalue weighted by Gasteiger charge is 2.32. The summed E-state index contributed by atoms with van der Waals surface area (Å²) in [4.78, 5) is 33.1. The summed E-state index contributed by atoms with van der Waals surface area (Å²) >= 11 is 0. The van der Waals surface area contributed by atoms with Gasteiger partial charge in [-0.1, -0.05) is 48.5 Å². The maximum Gasteiger partial charge on any atom is 0.325 e. The quantitative estimate of drug-likeness (QED) is 0.758. The van der Waals surface area contributed by atoms with Crippen LogP contribution in [0.25, 0.3) is 0 Å². The third-order valence-electron chi connectivity index (χ3n) is 5.77. The van der Waals surface area contributed by atoms with Crippen LogP contribution in [-0.2, 0) is 11.2 Å². The van der Waals surface area contributed by atoms with E-state index in [1.165, 1.54) is 5.56 Å². The number of rotatable bonds is 6. The van der Waals surface area contributed by atoms with Crippen molar-refractivity contribution in [2.75, 3.05) is 57.3 Å². The number of piperazine rings is 1. The molecule has 2 aromatic rings. The van der Waals surface area contributed by atoms with Gasteiger partial charge in [-0.25, -0.2) is 4.79 Å². The van der Waals surface area contributed by atoms with Gasteiger partial charge >= 0.3 is 6.03 Å². The molecule has 0 N–H and O–H groups in total. The van der Waals surface area contributed by atoms with E-state index < -0.39 is 0 Å². The largest absolute Gasteiger partial charge is 0.339 e. The van der Waals surface area contributed by atoms with E-state index in [-0.39, 0.29) is 18.5 Å². The van der Waals surface area contributed by atoms with Gasteiger partial charge in [0.25, 0.3) is 0 Å². The van der Waals surface area contributed by atoms with Crippen molar-refractivity contribution >= 4 is 17.6 Å². The second-order valence-electron chi connectivity index (χ2n) is 7.65. The van der Waals surface area contributed by atoms with Crippen LogP contribution in [0.2, 0.25) is 0 Å². The highest BCUT2D eigenvalue weighted by Crippen LogP contribution is 2.19. The van der Waals surface area contributed by atoms with Gasteiger partial charge in [0.2, 0.25) is 5.91 Å². The van der Waals surface area contributed by atoms with Gasteiger partial charge in [-0.2, -0.15) is 0 Å². The van der Waals surface area contributed by atoms with Crippen molar-refractivity contribution in [3.05, 3.63) is 66.2 Å². The Bertz CT molecular complexity index is 819. The van der Waals surface area contributed by atoms with Crippen LogP contribution in [-0.4, -0.2) is 79.0 Å². The van der Waals surface area contributed by atoms with Gasteiger partial charge in [-0.15, -0.1) is 0 Å². The molecule has 2 aliphatic heterocycles. The molecule has 2 saturated heterocycles. The first-order valence-corrected chi connectivity index (χ1v) is 10.4. The Hall–Kier alpha value is -2.86. The molecule has 2 aliphatic rings. The van der Waals surface area contributed by atoms with Crippen molar-refractivity contribution in [1.82, 2.24) is 14.7 Å². The first-order valence-electron chi connectivity index (χ1n) is 10.4. The molecule has 0 radical (unpaired) electrons. The maximum atomic E-state index is 12.7. The van der Waals surface area contributed by atoms with Crippen LogP contribution in [0.5, 0.6) is 0 Å². The number of carbonyl (C=O) groups is 2. The SMILES string of the molecule is O=C(CN1CCN(c2ccccc2)C1=O)N1CCN(CCc2ccccc2)CC1. The zero-order chi connectivity index (χ0) is 20.1. The molecule has 6 nitrogen and oxygen atoms in total. The number of para-hydroxylation sites is 1. The summed E-state index contributed by atoms with van der Waals surface area (Å²) in [6.07, 6.45) is 1.03. The third-order valence-corrected chi connectivity index (χ3v) is 5.77. The summed E-state index contributed by atoms with van der Waals surface area (Å²) in [6.45, 7) is 5.66. The maximum absolute atomic E-state index is 12.7. The van der Waals surface area contributed by atoms with Crippen molar-refractivity contribution in [2.45, 2.75) is 6.42 Å². The van der Waals surface area contributed by atoms with E-state index in [1.54, 1.807) is 9.80 Å². The van der Waals surface area contributed by atoms with Crippen LogP contribution >= 0.6 is 0 Å². The predicted molar refractivity (Wildman–Crippen MR) is 114 cm³/mol. The van der Waals surface area contributed by atoms with Crippen molar-refractivity contribution in [3.8, 4) is 0 Å². The molecule has 6 heteroatoms. The monoisotopic (exact) mass is 392 g/mol. The van der Waals surface area contributed by atoms with E-state index in [4.69, 9.17) is 0 Å². The lowest BCUT2D eigenvalue weighted by molar-refractivity contribution is -0.133. The minimum absolute atomic E-state index is 0.0518. The molecule has 4 rings (SSSR count). The second kappa shape index (κ2) is 9.09. The lowest BCUT2D eigenvalue weighted by atomic mass is 10.1.